The highest BCUT2D eigenvalue weighted by atomic mass is 16.5. The van der Waals surface area contributed by atoms with Gasteiger partial charge in [-0.3, -0.25) is 9.59 Å². The van der Waals surface area contributed by atoms with Crippen LogP contribution in [0.1, 0.15) is 48.0 Å². The Morgan fingerprint density at radius 2 is 1.52 bits per heavy atom. The first kappa shape index (κ1) is 25.4. The number of aliphatic hydroxyl groups is 3. The Balaban J connectivity index is 3.30. The molecule has 0 amide bonds. The molecule has 0 aliphatic carbocycles. The molecule has 10 unspecified atom stereocenters. The van der Waals surface area contributed by atoms with E-state index >= 15 is 0 Å². The molecule has 1 fully saturated rings. The standard InChI is InChI=1S/C20H35N3O6/c1-9-7-10(2)17(25)13(5)19(27)14(6)20(28)29-15(8-22-23-21)11(3)18(26)12(4)16(9)24/h9-15,17-19,25-27H,7-8H2,1-6H3. The molecular formula is C20H35N3O6. The maximum absolute atomic E-state index is 12.8. The largest absolute Gasteiger partial charge is 0.462 e. The molecule has 10 atom stereocenters. The fourth-order valence-corrected chi connectivity index (χ4v) is 4.10. The first-order valence-corrected chi connectivity index (χ1v) is 10.2. The van der Waals surface area contributed by atoms with Crippen molar-refractivity contribution in [1.29, 1.82) is 0 Å². The predicted molar refractivity (Wildman–Crippen MR) is 107 cm³/mol. The molecule has 29 heavy (non-hydrogen) atoms. The van der Waals surface area contributed by atoms with E-state index < -0.39 is 60.0 Å². The summed E-state index contributed by atoms with van der Waals surface area (Å²) in [5.74, 6) is -4.49. The molecule has 0 bridgehead atoms. The average molecular weight is 414 g/mol. The molecule has 0 aromatic carbocycles. The van der Waals surface area contributed by atoms with Crippen LogP contribution in [0, 0.1) is 35.5 Å². The Bertz CT molecular complexity index is 623. The molecule has 166 valence electrons. The number of ketones is 1. The average Bonchev–Trinajstić information content (AvgIpc) is 2.71. The van der Waals surface area contributed by atoms with Crippen molar-refractivity contribution in [2.45, 2.75) is 72.4 Å². The molecule has 1 rings (SSSR count). The molecule has 1 aliphatic heterocycles. The van der Waals surface area contributed by atoms with Gasteiger partial charge in [-0.15, -0.1) is 0 Å². The number of cyclic esters (lactones) is 1. The van der Waals surface area contributed by atoms with Gasteiger partial charge < -0.3 is 20.1 Å². The number of esters is 1. The maximum Gasteiger partial charge on any atom is 0.311 e. The number of azide groups is 1. The van der Waals surface area contributed by atoms with Crippen LogP contribution >= 0.6 is 0 Å². The first-order chi connectivity index (χ1) is 13.4. The molecule has 0 aromatic heterocycles. The monoisotopic (exact) mass is 413 g/mol. The van der Waals surface area contributed by atoms with Crippen LogP contribution in [0.4, 0.5) is 0 Å². The quantitative estimate of drug-likeness (QED) is 0.273. The van der Waals surface area contributed by atoms with Gasteiger partial charge in [-0.1, -0.05) is 39.7 Å². The Morgan fingerprint density at radius 3 is 2.07 bits per heavy atom. The van der Waals surface area contributed by atoms with Gasteiger partial charge in [-0.25, -0.2) is 0 Å². The van der Waals surface area contributed by atoms with E-state index in [-0.39, 0.29) is 18.2 Å². The molecule has 3 N–H and O–H groups in total. The van der Waals surface area contributed by atoms with Crippen LogP contribution in [0.15, 0.2) is 5.11 Å². The van der Waals surface area contributed by atoms with Crippen molar-refractivity contribution < 1.29 is 29.6 Å². The summed E-state index contributed by atoms with van der Waals surface area (Å²) in [5.41, 5.74) is 8.64. The number of carbonyl (C=O) groups is 2. The van der Waals surface area contributed by atoms with Gasteiger partial charge in [0.1, 0.15) is 11.9 Å². The molecule has 0 aromatic rings. The molecule has 1 saturated heterocycles. The minimum atomic E-state index is -1.16. The molecule has 1 aliphatic rings. The molecule has 9 heteroatoms. The third-order valence-corrected chi connectivity index (χ3v) is 6.43. The Kier molecular flexibility index (Phi) is 9.55. The zero-order valence-corrected chi connectivity index (χ0v) is 18.1. The number of rotatable bonds is 2. The van der Waals surface area contributed by atoms with Crippen molar-refractivity contribution in [3.05, 3.63) is 10.4 Å². The second-order valence-electron chi connectivity index (χ2n) is 8.67. The van der Waals surface area contributed by atoms with Crippen molar-refractivity contribution in [2.24, 2.45) is 40.6 Å². The van der Waals surface area contributed by atoms with Crippen LogP contribution in [-0.4, -0.2) is 58.0 Å². The lowest BCUT2D eigenvalue weighted by atomic mass is 9.77. The van der Waals surface area contributed by atoms with Crippen LogP contribution in [0.2, 0.25) is 0 Å². The highest BCUT2D eigenvalue weighted by Crippen LogP contribution is 2.30. The second-order valence-corrected chi connectivity index (χ2v) is 8.67. The van der Waals surface area contributed by atoms with Gasteiger partial charge in [0.05, 0.1) is 30.8 Å². The number of carbonyl (C=O) groups excluding carboxylic acids is 2. The van der Waals surface area contributed by atoms with Crippen LogP contribution in [0.25, 0.3) is 10.4 Å². The Hall–Kier alpha value is -1.67. The molecule has 0 saturated carbocycles. The van der Waals surface area contributed by atoms with Crippen molar-refractivity contribution >= 4 is 11.8 Å². The summed E-state index contributed by atoms with van der Waals surface area (Å²) < 4.78 is 5.47. The van der Waals surface area contributed by atoms with Gasteiger partial charge in [-0.2, -0.15) is 0 Å². The zero-order valence-electron chi connectivity index (χ0n) is 18.1. The minimum absolute atomic E-state index is 0.157. The smallest absolute Gasteiger partial charge is 0.311 e. The van der Waals surface area contributed by atoms with Crippen LogP contribution in [-0.2, 0) is 14.3 Å². The van der Waals surface area contributed by atoms with Crippen LogP contribution in [0.3, 0.4) is 0 Å². The van der Waals surface area contributed by atoms with E-state index in [1.54, 1.807) is 34.6 Å². The molecule has 1 heterocycles. The number of nitrogens with zero attached hydrogens (tertiary/aromatic N) is 3. The van der Waals surface area contributed by atoms with Gasteiger partial charge in [-0.05, 0) is 24.8 Å². The fraction of sp³-hybridized carbons (Fsp3) is 0.900. The van der Waals surface area contributed by atoms with Crippen molar-refractivity contribution in [3.8, 4) is 0 Å². The van der Waals surface area contributed by atoms with Gasteiger partial charge >= 0.3 is 5.97 Å². The third kappa shape index (κ3) is 6.15. The van der Waals surface area contributed by atoms with Crippen molar-refractivity contribution in [1.82, 2.24) is 0 Å². The number of ether oxygens (including phenoxy) is 1. The van der Waals surface area contributed by atoms with E-state index in [1.807, 2.05) is 0 Å². The van der Waals surface area contributed by atoms with E-state index in [4.69, 9.17) is 10.3 Å². The van der Waals surface area contributed by atoms with Gasteiger partial charge in [0.2, 0.25) is 0 Å². The van der Waals surface area contributed by atoms with E-state index in [1.165, 1.54) is 6.92 Å². The van der Waals surface area contributed by atoms with Gasteiger partial charge in [0.25, 0.3) is 0 Å². The fourth-order valence-electron chi connectivity index (χ4n) is 4.10. The first-order valence-electron chi connectivity index (χ1n) is 10.2. The molecule has 0 spiro atoms. The molecule has 0 radical (unpaired) electrons. The Labute approximate surface area is 172 Å². The number of Topliss-reactive ketones (excluding diaryl/α,β-unsaturated/α-hetero) is 1. The normalized spacial score (nSPS) is 43.1. The van der Waals surface area contributed by atoms with Gasteiger partial charge in [0.15, 0.2) is 0 Å². The summed E-state index contributed by atoms with van der Waals surface area (Å²) in [7, 11) is 0. The molecular weight excluding hydrogens is 378 g/mol. The van der Waals surface area contributed by atoms with Crippen molar-refractivity contribution in [2.75, 3.05) is 6.54 Å². The van der Waals surface area contributed by atoms with E-state index in [0.29, 0.717) is 6.42 Å². The summed E-state index contributed by atoms with van der Waals surface area (Å²) in [6, 6.07) is 0. The maximum atomic E-state index is 12.8. The zero-order chi connectivity index (χ0) is 22.5. The highest BCUT2D eigenvalue weighted by molar-refractivity contribution is 5.83. The van der Waals surface area contributed by atoms with Crippen molar-refractivity contribution in [3.63, 3.8) is 0 Å². The predicted octanol–water partition coefficient (Wildman–Crippen LogP) is 2.08. The summed E-state index contributed by atoms with van der Waals surface area (Å²) in [5, 5.41) is 35.4. The topological polar surface area (TPSA) is 153 Å². The van der Waals surface area contributed by atoms with Gasteiger partial charge in [0, 0.05) is 28.6 Å². The summed E-state index contributed by atoms with van der Waals surface area (Å²) in [6.07, 6.45) is -3.75. The number of hydrogen-bond acceptors (Lipinski definition) is 7. The second kappa shape index (κ2) is 10.9. The summed E-state index contributed by atoms with van der Waals surface area (Å²) in [4.78, 5) is 28.1. The van der Waals surface area contributed by atoms with E-state index in [9.17, 15) is 24.9 Å². The number of aliphatic hydroxyl groups excluding tert-OH is 3. The lowest BCUT2D eigenvalue weighted by Gasteiger charge is -2.35. The lowest BCUT2D eigenvalue weighted by molar-refractivity contribution is -0.165. The Morgan fingerprint density at radius 1 is 0.966 bits per heavy atom. The summed E-state index contributed by atoms with van der Waals surface area (Å²) >= 11 is 0. The number of hydrogen-bond donors (Lipinski definition) is 3. The molecule has 9 nitrogen and oxygen atoms in total. The van der Waals surface area contributed by atoms with Crippen LogP contribution in [0.5, 0.6) is 0 Å². The SMILES string of the molecule is CC1CC(C)C(O)C(C)C(O)C(C)C(=O)OC(CN=[N+]=[N-])C(C)C(O)C(C)C1=O. The lowest BCUT2D eigenvalue weighted by Crippen LogP contribution is -2.46. The third-order valence-electron chi connectivity index (χ3n) is 6.43. The van der Waals surface area contributed by atoms with E-state index in [2.05, 4.69) is 10.0 Å². The summed E-state index contributed by atoms with van der Waals surface area (Å²) in [6.45, 7) is 9.77. The highest BCUT2D eigenvalue weighted by Gasteiger charge is 2.40. The van der Waals surface area contributed by atoms with Crippen LogP contribution < -0.4 is 0 Å². The minimum Gasteiger partial charge on any atom is -0.462 e. The van der Waals surface area contributed by atoms with E-state index in [0.717, 1.165) is 0 Å².